The molecule has 18 heavy (non-hydrogen) atoms. The highest BCUT2D eigenvalue weighted by molar-refractivity contribution is 7.80. The molecule has 0 aliphatic heterocycles. The van der Waals surface area contributed by atoms with E-state index < -0.39 is 6.04 Å². The molecule has 1 aliphatic carbocycles. The molecule has 1 aliphatic rings. The molecule has 2 rings (SSSR count). The second-order valence-electron chi connectivity index (χ2n) is 4.27. The Morgan fingerprint density at radius 1 is 1.50 bits per heavy atom. The average molecular weight is 265 g/mol. The van der Waals surface area contributed by atoms with Crippen LogP contribution in [0.25, 0.3) is 0 Å². The number of carbonyl (C=O) groups is 1. The molecule has 0 spiro atoms. The largest absolute Gasteiger partial charge is 0.388 e. The molecular formula is C11H15N5OS. The molecule has 96 valence electrons. The smallest absolute Gasteiger partial charge is 0.242 e. The van der Waals surface area contributed by atoms with Crippen LogP contribution in [0.4, 0.5) is 5.82 Å². The van der Waals surface area contributed by atoms with E-state index in [-0.39, 0.29) is 10.9 Å². The zero-order valence-corrected chi connectivity index (χ0v) is 10.8. The number of aromatic nitrogens is 2. The molecule has 1 fully saturated rings. The Morgan fingerprint density at radius 2 is 2.17 bits per heavy atom. The van der Waals surface area contributed by atoms with Gasteiger partial charge in [-0.05, 0) is 19.8 Å². The van der Waals surface area contributed by atoms with Crippen LogP contribution >= 0.6 is 12.2 Å². The molecule has 1 heterocycles. The molecule has 1 unspecified atom stereocenters. The third-order valence-electron chi connectivity index (χ3n) is 2.60. The van der Waals surface area contributed by atoms with E-state index in [0.29, 0.717) is 17.6 Å². The second-order valence-corrected chi connectivity index (χ2v) is 4.71. The standard InChI is InChI=1S/C11H15N5OS/c1-6(11(17)16-7-2-3-7)15-10-8(9(12)18)13-4-5-14-10/h4-7H,2-3H2,1H3,(H2,12,18)(H,14,15)(H,16,17). The van der Waals surface area contributed by atoms with Crippen molar-refractivity contribution in [3.05, 3.63) is 18.1 Å². The predicted molar refractivity (Wildman–Crippen MR) is 72.2 cm³/mol. The summed E-state index contributed by atoms with van der Waals surface area (Å²) in [7, 11) is 0. The third-order valence-corrected chi connectivity index (χ3v) is 2.80. The Morgan fingerprint density at radius 3 is 2.78 bits per heavy atom. The van der Waals surface area contributed by atoms with Crippen LogP contribution in [0.3, 0.4) is 0 Å². The highest BCUT2D eigenvalue weighted by Gasteiger charge is 2.26. The van der Waals surface area contributed by atoms with Gasteiger partial charge in [-0.1, -0.05) is 12.2 Å². The van der Waals surface area contributed by atoms with E-state index in [1.54, 1.807) is 6.92 Å². The number of thiocarbonyl (C=S) groups is 1. The lowest BCUT2D eigenvalue weighted by Gasteiger charge is -2.15. The molecule has 0 radical (unpaired) electrons. The van der Waals surface area contributed by atoms with Crippen LogP contribution in [0.2, 0.25) is 0 Å². The first kappa shape index (κ1) is 12.7. The van der Waals surface area contributed by atoms with Gasteiger partial charge in [0, 0.05) is 18.4 Å². The highest BCUT2D eigenvalue weighted by atomic mass is 32.1. The van der Waals surface area contributed by atoms with Crippen molar-refractivity contribution in [3.63, 3.8) is 0 Å². The molecule has 1 aromatic rings. The van der Waals surface area contributed by atoms with Crippen LogP contribution in [0.1, 0.15) is 25.5 Å². The van der Waals surface area contributed by atoms with Gasteiger partial charge >= 0.3 is 0 Å². The first-order chi connectivity index (χ1) is 8.58. The van der Waals surface area contributed by atoms with Gasteiger partial charge in [0.2, 0.25) is 5.91 Å². The summed E-state index contributed by atoms with van der Waals surface area (Å²) in [6, 6.07) is -0.0749. The van der Waals surface area contributed by atoms with E-state index in [2.05, 4.69) is 20.6 Å². The lowest BCUT2D eigenvalue weighted by molar-refractivity contribution is -0.121. The molecule has 0 bridgehead atoms. The summed E-state index contributed by atoms with van der Waals surface area (Å²) >= 11 is 4.88. The number of nitrogens with two attached hydrogens (primary N) is 1. The lowest BCUT2D eigenvalue weighted by Crippen LogP contribution is -2.39. The van der Waals surface area contributed by atoms with E-state index >= 15 is 0 Å². The van der Waals surface area contributed by atoms with Gasteiger partial charge in [0.15, 0.2) is 5.82 Å². The summed E-state index contributed by atoms with van der Waals surface area (Å²) in [4.78, 5) is 20.1. The summed E-state index contributed by atoms with van der Waals surface area (Å²) in [6.07, 6.45) is 5.15. The summed E-state index contributed by atoms with van der Waals surface area (Å²) < 4.78 is 0. The molecule has 1 atom stereocenters. The van der Waals surface area contributed by atoms with E-state index in [1.807, 2.05) is 0 Å². The van der Waals surface area contributed by atoms with Crippen LogP contribution in [0.15, 0.2) is 12.4 Å². The van der Waals surface area contributed by atoms with Gasteiger partial charge < -0.3 is 16.4 Å². The minimum absolute atomic E-state index is 0.0583. The van der Waals surface area contributed by atoms with Gasteiger partial charge in [-0.2, -0.15) is 0 Å². The SMILES string of the molecule is CC(Nc1nccnc1C(N)=S)C(=O)NC1CC1. The van der Waals surface area contributed by atoms with Crippen molar-refractivity contribution in [3.8, 4) is 0 Å². The highest BCUT2D eigenvalue weighted by Crippen LogP contribution is 2.19. The van der Waals surface area contributed by atoms with Crippen molar-refractivity contribution in [1.29, 1.82) is 0 Å². The number of carbonyl (C=O) groups excluding carboxylic acids is 1. The van der Waals surface area contributed by atoms with Gasteiger partial charge in [-0.3, -0.25) is 4.79 Å². The predicted octanol–water partition coefficient (Wildman–Crippen LogP) is 0.190. The Labute approximate surface area is 110 Å². The van der Waals surface area contributed by atoms with Gasteiger partial charge in [-0.15, -0.1) is 0 Å². The van der Waals surface area contributed by atoms with E-state index in [4.69, 9.17) is 18.0 Å². The summed E-state index contributed by atoms with van der Waals surface area (Å²) in [5, 5.41) is 5.88. The molecule has 4 N–H and O–H groups in total. The Balaban J connectivity index is 2.03. The first-order valence-electron chi connectivity index (χ1n) is 5.75. The van der Waals surface area contributed by atoms with Crippen LogP contribution in [0.5, 0.6) is 0 Å². The Kier molecular flexibility index (Phi) is 3.71. The van der Waals surface area contributed by atoms with E-state index in [9.17, 15) is 4.79 Å². The Bertz CT molecular complexity index is 474. The molecule has 6 nitrogen and oxygen atoms in total. The van der Waals surface area contributed by atoms with Crippen molar-refractivity contribution in [2.75, 3.05) is 5.32 Å². The number of nitrogens with zero attached hydrogens (tertiary/aromatic N) is 2. The summed E-state index contributed by atoms with van der Waals surface area (Å²) in [6.45, 7) is 1.76. The Hall–Kier alpha value is -1.76. The normalized spacial score (nSPS) is 15.8. The van der Waals surface area contributed by atoms with Crippen LogP contribution in [-0.2, 0) is 4.79 Å². The summed E-state index contributed by atoms with van der Waals surface area (Å²) in [5.41, 5.74) is 5.95. The summed E-state index contributed by atoms with van der Waals surface area (Å²) in [5.74, 6) is 0.375. The van der Waals surface area contributed by atoms with Crippen molar-refractivity contribution in [1.82, 2.24) is 15.3 Å². The minimum Gasteiger partial charge on any atom is -0.388 e. The number of nitrogens with one attached hydrogen (secondary N) is 2. The maximum Gasteiger partial charge on any atom is 0.242 e. The number of amides is 1. The molecule has 1 aromatic heterocycles. The number of anilines is 1. The van der Waals surface area contributed by atoms with Gasteiger partial charge in [0.05, 0.1) is 0 Å². The maximum atomic E-state index is 11.8. The van der Waals surface area contributed by atoms with E-state index in [0.717, 1.165) is 12.8 Å². The van der Waals surface area contributed by atoms with Crippen molar-refractivity contribution in [2.45, 2.75) is 31.8 Å². The van der Waals surface area contributed by atoms with Crippen LogP contribution in [-0.4, -0.2) is 32.9 Å². The molecule has 7 heteroatoms. The van der Waals surface area contributed by atoms with Crippen LogP contribution < -0.4 is 16.4 Å². The topological polar surface area (TPSA) is 92.9 Å². The average Bonchev–Trinajstić information content (AvgIpc) is 3.13. The zero-order valence-electron chi connectivity index (χ0n) is 10.0. The molecule has 0 aromatic carbocycles. The molecule has 1 amide bonds. The van der Waals surface area contributed by atoms with Gasteiger partial charge in [0.25, 0.3) is 0 Å². The van der Waals surface area contributed by atoms with Crippen molar-refractivity contribution < 1.29 is 4.79 Å². The molecular weight excluding hydrogens is 250 g/mol. The van der Waals surface area contributed by atoms with Crippen LogP contribution in [0, 0.1) is 0 Å². The fourth-order valence-corrected chi connectivity index (χ4v) is 1.60. The monoisotopic (exact) mass is 265 g/mol. The fraction of sp³-hybridized carbons (Fsp3) is 0.455. The number of hydrogen-bond acceptors (Lipinski definition) is 5. The van der Waals surface area contributed by atoms with Gasteiger partial charge in [0.1, 0.15) is 16.7 Å². The second kappa shape index (κ2) is 5.26. The maximum absolute atomic E-state index is 11.8. The van der Waals surface area contributed by atoms with Crippen molar-refractivity contribution in [2.24, 2.45) is 5.73 Å². The minimum atomic E-state index is -0.407. The molecule has 0 saturated heterocycles. The number of hydrogen-bond donors (Lipinski definition) is 3. The lowest BCUT2D eigenvalue weighted by atomic mass is 10.3. The zero-order chi connectivity index (χ0) is 13.1. The third kappa shape index (κ3) is 3.13. The quantitative estimate of drug-likeness (QED) is 0.658. The first-order valence-corrected chi connectivity index (χ1v) is 6.16. The van der Waals surface area contributed by atoms with Crippen molar-refractivity contribution >= 4 is 28.9 Å². The van der Waals surface area contributed by atoms with E-state index in [1.165, 1.54) is 12.4 Å². The van der Waals surface area contributed by atoms with Gasteiger partial charge in [-0.25, -0.2) is 9.97 Å². The molecule has 1 saturated carbocycles. The number of rotatable bonds is 5. The fourth-order valence-electron chi connectivity index (χ4n) is 1.45.